The highest BCUT2D eigenvalue weighted by atomic mass is 19.1. The van der Waals surface area contributed by atoms with Gasteiger partial charge in [-0.3, -0.25) is 9.59 Å². The molecule has 0 aromatic heterocycles. The fourth-order valence-corrected chi connectivity index (χ4v) is 4.75. The van der Waals surface area contributed by atoms with E-state index in [1.807, 2.05) is 12.1 Å². The van der Waals surface area contributed by atoms with Crippen molar-refractivity contribution in [1.82, 2.24) is 10.2 Å². The average Bonchev–Trinajstić information content (AvgIpc) is 3.41. The van der Waals surface area contributed by atoms with E-state index in [0.29, 0.717) is 35.1 Å². The highest BCUT2D eigenvalue weighted by Crippen LogP contribution is 2.43. The maximum atomic E-state index is 13.5. The molecule has 0 spiro atoms. The summed E-state index contributed by atoms with van der Waals surface area (Å²) in [6.07, 6.45) is 0. The fourth-order valence-electron chi connectivity index (χ4n) is 4.75. The molecule has 9 heteroatoms. The number of likely N-dealkylation sites (tertiary alicyclic amines) is 1. The second kappa shape index (κ2) is 11.9. The van der Waals surface area contributed by atoms with Crippen LogP contribution in [0, 0.1) is 11.7 Å². The molecule has 0 unspecified atom stereocenters. The summed E-state index contributed by atoms with van der Waals surface area (Å²) in [5, 5.41) is 2.95. The van der Waals surface area contributed by atoms with Crippen LogP contribution >= 0.6 is 0 Å². The molecule has 1 heterocycles. The summed E-state index contributed by atoms with van der Waals surface area (Å²) < 4.78 is 35.1. The van der Waals surface area contributed by atoms with Gasteiger partial charge in [0.15, 0.2) is 11.5 Å². The van der Waals surface area contributed by atoms with Gasteiger partial charge in [0.25, 0.3) is 5.91 Å². The Balaban J connectivity index is 1.65. The summed E-state index contributed by atoms with van der Waals surface area (Å²) in [6, 6.07) is 16.5. The number of ether oxygens (including phenoxy) is 4. The van der Waals surface area contributed by atoms with Crippen LogP contribution < -0.4 is 24.3 Å². The van der Waals surface area contributed by atoms with E-state index in [9.17, 15) is 14.0 Å². The predicted molar refractivity (Wildman–Crippen MR) is 139 cm³/mol. The molecule has 0 radical (unpaired) electrons. The van der Waals surface area contributed by atoms with Crippen LogP contribution in [0.5, 0.6) is 23.0 Å². The Bertz CT molecular complexity index is 1270. The van der Waals surface area contributed by atoms with Crippen molar-refractivity contribution in [2.24, 2.45) is 5.92 Å². The first-order valence-electron chi connectivity index (χ1n) is 12.1. The lowest BCUT2D eigenvalue weighted by Gasteiger charge is -2.21. The van der Waals surface area contributed by atoms with Crippen molar-refractivity contribution in [1.29, 1.82) is 0 Å². The highest BCUT2D eigenvalue weighted by Gasteiger charge is 2.41. The second-order valence-corrected chi connectivity index (χ2v) is 8.96. The molecule has 0 bridgehead atoms. The number of benzene rings is 3. The molecule has 1 saturated heterocycles. The highest BCUT2D eigenvalue weighted by molar-refractivity contribution is 5.95. The quantitative estimate of drug-likeness (QED) is 0.457. The van der Waals surface area contributed by atoms with Crippen molar-refractivity contribution in [3.8, 4) is 23.0 Å². The molecule has 2 amide bonds. The van der Waals surface area contributed by atoms with Gasteiger partial charge in [0, 0.05) is 31.1 Å². The largest absolute Gasteiger partial charge is 0.497 e. The van der Waals surface area contributed by atoms with Crippen LogP contribution in [0.4, 0.5) is 4.39 Å². The maximum Gasteiger partial charge on any atom is 0.254 e. The molecular weight excluding hydrogens is 491 g/mol. The number of hydrogen-bond donors (Lipinski definition) is 1. The summed E-state index contributed by atoms with van der Waals surface area (Å²) in [4.78, 5) is 28.6. The molecule has 38 heavy (non-hydrogen) atoms. The van der Waals surface area contributed by atoms with Crippen LogP contribution in [-0.2, 0) is 11.3 Å². The van der Waals surface area contributed by atoms with Gasteiger partial charge in [0.05, 0.1) is 34.4 Å². The lowest BCUT2D eigenvalue weighted by Crippen LogP contribution is -2.35. The van der Waals surface area contributed by atoms with Crippen molar-refractivity contribution < 1.29 is 32.9 Å². The lowest BCUT2D eigenvalue weighted by molar-refractivity contribution is -0.125. The number of amides is 2. The molecule has 4 rings (SSSR count). The zero-order chi connectivity index (χ0) is 27.2. The molecule has 1 aliphatic rings. The minimum Gasteiger partial charge on any atom is -0.497 e. The fraction of sp³-hybridized carbons (Fsp3) is 0.310. The van der Waals surface area contributed by atoms with E-state index in [-0.39, 0.29) is 36.6 Å². The lowest BCUT2D eigenvalue weighted by atomic mass is 9.87. The number of nitrogens with zero attached hydrogens (tertiary/aromatic N) is 1. The van der Waals surface area contributed by atoms with Crippen LogP contribution in [0.3, 0.4) is 0 Å². The van der Waals surface area contributed by atoms with Crippen LogP contribution in [0.25, 0.3) is 0 Å². The first kappa shape index (κ1) is 26.8. The van der Waals surface area contributed by atoms with Crippen LogP contribution in [-0.4, -0.2) is 58.2 Å². The molecule has 200 valence electrons. The van der Waals surface area contributed by atoms with E-state index in [0.717, 1.165) is 11.1 Å². The molecule has 1 N–H and O–H groups in total. The van der Waals surface area contributed by atoms with E-state index >= 15 is 0 Å². The third kappa shape index (κ3) is 5.66. The number of nitrogens with one attached hydrogen (secondary N) is 1. The molecule has 8 nitrogen and oxygen atoms in total. The van der Waals surface area contributed by atoms with Gasteiger partial charge < -0.3 is 29.2 Å². The summed E-state index contributed by atoms with van der Waals surface area (Å²) in [6.45, 7) is 0.761. The monoisotopic (exact) mass is 522 g/mol. The normalized spacial score (nSPS) is 16.6. The number of carbonyl (C=O) groups excluding carboxylic acids is 2. The average molecular weight is 523 g/mol. The summed E-state index contributed by atoms with van der Waals surface area (Å²) >= 11 is 0. The van der Waals surface area contributed by atoms with E-state index in [2.05, 4.69) is 5.32 Å². The molecule has 3 aromatic carbocycles. The minimum absolute atomic E-state index is 0.199. The molecule has 0 aliphatic carbocycles. The van der Waals surface area contributed by atoms with Gasteiger partial charge in [-0.05, 0) is 53.6 Å². The summed E-state index contributed by atoms with van der Waals surface area (Å²) in [5.41, 5.74) is 2.02. The molecule has 2 atom stereocenters. The van der Waals surface area contributed by atoms with Gasteiger partial charge in [-0.15, -0.1) is 0 Å². The standard InChI is InChI=1S/C29H31FN2O6/c1-35-22-7-5-6-19(12-22)29(34)32-16-23(20-13-25(36-2)27(38-4)26(14-20)37-3)24(17-32)28(33)31-15-18-8-10-21(30)11-9-18/h5-14,23-24H,15-17H2,1-4H3,(H,31,33)/t23-,24-/m0/s1. The Hall–Kier alpha value is -4.27. The van der Waals surface area contributed by atoms with E-state index in [4.69, 9.17) is 18.9 Å². The minimum atomic E-state index is -0.548. The van der Waals surface area contributed by atoms with Gasteiger partial charge in [-0.1, -0.05) is 18.2 Å². The van der Waals surface area contributed by atoms with Gasteiger partial charge in [0.2, 0.25) is 11.7 Å². The molecular formula is C29H31FN2O6. The van der Waals surface area contributed by atoms with E-state index in [1.165, 1.54) is 33.5 Å². The van der Waals surface area contributed by atoms with Crippen molar-refractivity contribution in [2.45, 2.75) is 12.5 Å². The summed E-state index contributed by atoms with van der Waals surface area (Å²) in [5.74, 6) is 0.298. The topological polar surface area (TPSA) is 86.3 Å². The third-order valence-corrected chi connectivity index (χ3v) is 6.76. The zero-order valence-corrected chi connectivity index (χ0v) is 21.8. The van der Waals surface area contributed by atoms with Crippen molar-refractivity contribution in [3.05, 3.63) is 83.2 Å². The Labute approximate surface area is 221 Å². The van der Waals surface area contributed by atoms with Gasteiger partial charge in [-0.25, -0.2) is 4.39 Å². The maximum absolute atomic E-state index is 13.5. The van der Waals surface area contributed by atoms with Gasteiger partial charge in [-0.2, -0.15) is 0 Å². The number of carbonyl (C=O) groups is 2. The Morgan fingerprint density at radius 3 is 2.18 bits per heavy atom. The van der Waals surface area contributed by atoms with Crippen LogP contribution in [0.15, 0.2) is 60.7 Å². The van der Waals surface area contributed by atoms with Crippen LogP contribution in [0.2, 0.25) is 0 Å². The van der Waals surface area contributed by atoms with Gasteiger partial charge in [0.1, 0.15) is 11.6 Å². The molecule has 0 saturated carbocycles. The first-order chi connectivity index (χ1) is 18.4. The molecule has 3 aromatic rings. The molecule has 1 fully saturated rings. The van der Waals surface area contributed by atoms with E-state index < -0.39 is 5.92 Å². The SMILES string of the molecule is COc1cccc(C(=O)N2C[C@H](C(=O)NCc3ccc(F)cc3)[C@H](c3cc(OC)c(OC)c(OC)c3)C2)c1. The van der Waals surface area contributed by atoms with Crippen LogP contribution in [0.1, 0.15) is 27.4 Å². The number of halogens is 1. The number of rotatable bonds is 9. The van der Waals surface area contributed by atoms with Crippen molar-refractivity contribution in [2.75, 3.05) is 41.5 Å². The Kier molecular flexibility index (Phi) is 8.35. The predicted octanol–water partition coefficient (Wildman–Crippen LogP) is 4.03. The Morgan fingerprint density at radius 2 is 1.58 bits per heavy atom. The first-order valence-corrected chi connectivity index (χ1v) is 12.1. The second-order valence-electron chi connectivity index (χ2n) is 8.96. The number of hydrogen-bond acceptors (Lipinski definition) is 6. The molecule has 1 aliphatic heterocycles. The van der Waals surface area contributed by atoms with Crippen molar-refractivity contribution in [3.63, 3.8) is 0 Å². The van der Waals surface area contributed by atoms with Gasteiger partial charge >= 0.3 is 0 Å². The Morgan fingerprint density at radius 1 is 0.895 bits per heavy atom. The third-order valence-electron chi connectivity index (χ3n) is 6.76. The van der Waals surface area contributed by atoms with Crippen molar-refractivity contribution >= 4 is 11.8 Å². The zero-order valence-electron chi connectivity index (χ0n) is 21.8. The summed E-state index contributed by atoms with van der Waals surface area (Å²) in [7, 11) is 6.12. The smallest absolute Gasteiger partial charge is 0.254 e. The van der Waals surface area contributed by atoms with E-state index in [1.54, 1.807) is 48.4 Å². The number of methoxy groups -OCH3 is 4.